The van der Waals surface area contributed by atoms with Gasteiger partial charge in [0.1, 0.15) is 11.0 Å². The van der Waals surface area contributed by atoms with E-state index in [-0.39, 0.29) is 0 Å². The summed E-state index contributed by atoms with van der Waals surface area (Å²) in [5.41, 5.74) is 0.962. The predicted molar refractivity (Wildman–Crippen MR) is 84.5 cm³/mol. The van der Waals surface area contributed by atoms with Crippen molar-refractivity contribution in [3.8, 4) is 11.4 Å². The Balaban J connectivity index is 1.79. The smallest absolute Gasteiger partial charge is 0.163 e. The average molecular weight is 304 g/mol. The molecule has 2 aromatic rings. The van der Waals surface area contributed by atoms with Gasteiger partial charge < -0.3 is 10.1 Å². The lowest BCUT2D eigenvalue weighted by atomic mass is 10.2. The maximum atomic E-state index is 6.13. The molecule has 21 heavy (non-hydrogen) atoms. The summed E-state index contributed by atoms with van der Waals surface area (Å²) in [6.07, 6.45) is 3.51. The highest BCUT2D eigenvalue weighted by Crippen LogP contribution is 2.26. The summed E-state index contributed by atoms with van der Waals surface area (Å²) in [5, 5.41) is 3.89. The van der Waals surface area contributed by atoms with Gasteiger partial charge in [-0.15, -0.1) is 0 Å². The van der Waals surface area contributed by atoms with Crippen LogP contribution in [0.1, 0.15) is 19.3 Å². The molecule has 1 heterocycles. The zero-order chi connectivity index (χ0) is 14.7. The number of methoxy groups -OCH3 is 1. The minimum atomic E-state index is 0.341. The number of benzene rings is 1. The lowest BCUT2D eigenvalue weighted by molar-refractivity contribution is 0.108. The molecule has 0 radical (unpaired) electrons. The van der Waals surface area contributed by atoms with Gasteiger partial charge in [-0.25, -0.2) is 9.97 Å². The van der Waals surface area contributed by atoms with Crippen LogP contribution in [0.25, 0.3) is 11.4 Å². The van der Waals surface area contributed by atoms with E-state index >= 15 is 0 Å². The number of nitrogens with one attached hydrogen (secondary N) is 1. The van der Waals surface area contributed by atoms with Crippen LogP contribution >= 0.6 is 11.6 Å². The third kappa shape index (κ3) is 3.52. The van der Waals surface area contributed by atoms with Gasteiger partial charge in [0.2, 0.25) is 0 Å². The maximum Gasteiger partial charge on any atom is 0.163 e. The molecule has 0 amide bonds. The number of ether oxygens (including phenoxy) is 1. The molecule has 4 nitrogen and oxygen atoms in total. The van der Waals surface area contributed by atoms with E-state index in [1.54, 1.807) is 13.2 Å². The molecule has 110 valence electrons. The Labute approximate surface area is 129 Å². The summed E-state index contributed by atoms with van der Waals surface area (Å²) >= 11 is 6.13. The van der Waals surface area contributed by atoms with Gasteiger partial charge in [0, 0.05) is 24.8 Å². The second-order valence-corrected chi connectivity index (χ2v) is 5.66. The Bertz CT molecular complexity index is 606. The van der Waals surface area contributed by atoms with Gasteiger partial charge in [-0.2, -0.15) is 0 Å². The van der Waals surface area contributed by atoms with Crippen molar-refractivity contribution in [3.63, 3.8) is 0 Å². The van der Waals surface area contributed by atoms with Crippen molar-refractivity contribution in [2.75, 3.05) is 12.4 Å². The van der Waals surface area contributed by atoms with E-state index in [9.17, 15) is 0 Å². The standard InChI is InChI=1S/C16H18ClN3O/c1-21-13-8-7-12(9-13)18-15-10-14(17)19-16(20-15)11-5-3-2-4-6-11/h2-6,10,12-13H,7-9H2,1H3,(H,18,19,20). The minimum absolute atomic E-state index is 0.341. The Morgan fingerprint density at radius 2 is 2.00 bits per heavy atom. The molecule has 0 aliphatic heterocycles. The summed E-state index contributed by atoms with van der Waals surface area (Å²) in [5.74, 6) is 1.42. The van der Waals surface area contributed by atoms with Crippen LogP contribution in [-0.2, 0) is 4.74 Å². The lowest BCUT2D eigenvalue weighted by Crippen LogP contribution is -2.18. The normalized spacial score (nSPS) is 21.4. The Kier molecular flexibility index (Phi) is 4.36. The van der Waals surface area contributed by atoms with Crippen LogP contribution < -0.4 is 5.32 Å². The Hall–Kier alpha value is -1.65. The van der Waals surface area contributed by atoms with Crippen LogP contribution in [0.5, 0.6) is 0 Å². The van der Waals surface area contributed by atoms with Crippen molar-refractivity contribution in [3.05, 3.63) is 41.6 Å². The molecule has 2 unspecified atom stereocenters. The topological polar surface area (TPSA) is 47.0 Å². The molecule has 3 rings (SSSR count). The summed E-state index contributed by atoms with van der Waals surface area (Å²) in [6.45, 7) is 0. The van der Waals surface area contributed by atoms with Crippen molar-refractivity contribution in [1.82, 2.24) is 9.97 Å². The Morgan fingerprint density at radius 1 is 1.19 bits per heavy atom. The molecule has 2 atom stereocenters. The minimum Gasteiger partial charge on any atom is -0.381 e. The number of nitrogens with zero attached hydrogens (tertiary/aromatic N) is 2. The highest BCUT2D eigenvalue weighted by molar-refractivity contribution is 6.29. The fourth-order valence-electron chi connectivity index (χ4n) is 2.70. The molecule has 0 spiro atoms. The molecule has 0 bridgehead atoms. The maximum absolute atomic E-state index is 6.13. The largest absolute Gasteiger partial charge is 0.381 e. The van der Waals surface area contributed by atoms with Gasteiger partial charge in [-0.1, -0.05) is 41.9 Å². The fourth-order valence-corrected chi connectivity index (χ4v) is 2.89. The molecule has 0 saturated heterocycles. The summed E-state index contributed by atoms with van der Waals surface area (Å²) < 4.78 is 5.40. The third-order valence-electron chi connectivity index (χ3n) is 3.80. The molecule has 1 aromatic heterocycles. The first-order chi connectivity index (χ1) is 10.2. The summed E-state index contributed by atoms with van der Waals surface area (Å²) in [7, 11) is 1.77. The first-order valence-electron chi connectivity index (χ1n) is 7.14. The van der Waals surface area contributed by atoms with E-state index in [0.717, 1.165) is 30.6 Å². The van der Waals surface area contributed by atoms with Gasteiger partial charge in [0.15, 0.2) is 5.82 Å². The zero-order valence-electron chi connectivity index (χ0n) is 11.9. The molecule has 1 saturated carbocycles. The lowest BCUT2D eigenvalue weighted by Gasteiger charge is -2.14. The first-order valence-corrected chi connectivity index (χ1v) is 7.52. The van der Waals surface area contributed by atoms with Gasteiger partial charge >= 0.3 is 0 Å². The molecular formula is C16H18ClN3O. The fraction of sp³-hybridized carbons (Fsp3) is 0.375. The van der Waals surface area contributed by atoms with Gasteiger partial charge in [-0.05, 0) is 19.3 Å². The predicted octanol–water partition coefficient (Wildman–Crippen LogP) is 3.78. The van der Waals surface area contributed by atoms with Crippen LogP contribution in [0.4, 0.5) is 5.82 Å². The van der Waals surface area contributed by atoms with Gasteiger partial charge in [-0.3, -0.25) is 0 Å². The SMILES string of the molecule is COC1CCC(Nc2cc(Cl)nc(-c3ccccc3)n2)C1. The summed E-state index contributed by atoms with van der Waals surface area (Å²) in [6, 6.07) is 12.0. The number of anilines is 1. The second kappa shape index (κ2) is 6.41. The molecule has 1 N–H and O–H groups in total. The van der Waals surface area contributed by atoms with Gasteiger partial charge in [0.25, 0.3) is 0 Å². The van der Waals surface area contributed by atoms with Crippen molar-refractivity contribution in [2.45, 2.75) is 31.4 Å². The summed E-state index contributed by atoms with van der Waals surface area (Å²) in [4.78, 5) is 8.87. The van der Waals surface area contributed by atoms with Crippen LogP contribution in [0.2, 0.25) is 5.15 Å². The van der Waals surface area contributed by atoms with E-state index in [1.165, 1.54) is 0 Å². The molecular weight excluding hydrogens is 286 g/mol. The van der Waals surface area contributed by atoms with Crippen molar-refractivity contribution >= 4 is 17.4 Å². The number of halogens is 1. The third-order valence-corrected chi connectivity index (χ3v) is 3.99. The number of rotatable bonds is 4. The average Bonchev–Trinajstić information content (AvgIpc) is 2.95. The number of aromatic nitrogens is 2. The Morgan fingerprint density at radius 3 is 2.71 bits per heavy atom. The highest BCUT2D eigenvalue weighted by Gasteiger charge is 2.24. The molecule has 5 heteroatoms. The van der Waals surface area contributed by atoms with E-state index < -0.39 is 0 Å². The second-order valence-electron chi connectivity index (χ2n) is 5.28. The zero-order valence-corrected chi connectivity index (χ0v) is 12.7. The highest BCUT2D eigenvalue weighted by atomic mass is 35.5. The molecule has 1 aliphatic carbocycles. The molecule has 1 fully saturated rings. The van der Waals surface area contributed by atoms with Crippen molar-refractivity contribution in [1.29, 1.82) is 0 Å². The van der Waals surface area contributed by atoms with E-state index in [2.05, 4.69) is 15.3 Å². The number of hydrogen-bond donors (Lipinski definition) is 1. The quantitative estimate of drug-likeness (QED) is 0.873. The van der Waals surface area contributed by atoms with Crippen LogP contribution in [0.3, 0.4) is 0 Å². The van der Waals surface area contributed by atoms with Crippen LogP contribution in [0.15, 0.2) is 36.4 Å². The van der Waals surface area contributed by atoms with Crippen LogP contribution in [0, 0.1) is 0 Å². The number of hydrogen-bond acceptors (Lipinski definition) is 4. The molecule has 1 aliphatic rings. The van der Waals surface area contributed by atoms with E-state index in [1.807, 2.05) is 30.3 Å². The molecule has 1 aromatic carbocycles. The van der Waals surface area contributed by atoms with E-state index in [0.29, 0.717) is 23.1 Å². The first kappa shape index (κ1) is 14.3. The van der Waals surface area contributed by atoms with Crippen LogP contribution in [-0.4, -0.2) is 29.2 Å². The van der Waals surface area contributed by atoms with Crippen molar-refractivity contribution < 1.29 is 4.74 Å². The van der Waals surface area contributed by atoms with E-state index in [4.69, 9.17) is 16.3 Å². The van der Waals surface area contributed by atoms with Crippen molar-refractivity contribution in [2.24, 2.45) is 0 Å². The van der Waals surface area contributed by atoms with Gasteiger partial charge in [0.05, 0.1) is 6.10 Å². The monoisotopic (exact) mass is 303 g/mol.